The molecule has 0 saturated carbocycles. The third-order valence-electron chi connectivity index (χ3n) is 1.60. The van der Waals surface area contributed by atoms with E-state index in [0.717, 1.165) is 0 Å². The summed E-state index contributed by atoms with van der Waals surface area (Å²) in [6.07, 6.45) is 1.41. The number of aliphatic imine (C=N–C) groups is 1. The number of rotatable bonds is 3. The highest BCUT2D eigenvalue weighted by atomic mass is 79.9. The predicted octanol–water partition coefficient (Wildman–Crippen LogP) is 2.43. The van der Waals surface area contributed by atoms with E-state index in [4.69, 9.17) is 4.74 Å². The van der Waals surface area contributed by atoms with E-state index in [1.54, 1.807) is 6.07 Å². The highest BCUT2D eigenvalue weighted by Gasteiger charge is 2.08. The molecule has 3 nitrogen and oxygen atoms in total. The molecule has 0 spiro atoms. The molecule has 0 saturated heterocycles. The quantitative estimate of drug-likeness (QED) is 0.618. The van der Waals surface area contributed by atoms with E-state index in [1.165, 1.54) is 19.3 Å². The molecule has 0 heterocycles. The summed E-state index contributed by atoms with van der Waals surface area (Å²) >= 11 is 3.03. The molecule has 5 heteroatoms. The molecule has 0 bridgehead atoms. The van der Waals surface area contributed by atoms with Gasteiger partial charge in [-0.05, 0) is 33.6 Å². The number of ether oxygens (including phenoxy) is 1. The van der Waals surface area contributed by atoms with Crippen LogP contribution in [0.2, 0.25) is 0 Å². The van der Waals surface area contributed by atoms with Crippen LogP contribution in [0.15, 0.2) is 21.6 Å². The lowest BCUT2D eigenvalue weighted by molar-refractivity contribution is 0.384. The average molecular weight is 260 g/mol. The fourth-order valence-corrected chi connectivity index (χ4v) is 1.47. The Kier molecular flexibility index (Phi) is 3.80. The lowest BCUT2D eigenvalue weighted by atomic mass is 10.2. The van der Waals surface area contributed by atoms with Crippen molar-refractivity contribution in [2.45, 2.75) is 6.54 Å². The third-order valence-corrected chi connectivity index (χ3v) is 2.18. The van der Waals surface area contributed by atoms with Gasteiger partial charge in [0.25, 0.3) is 0 Å². The van der Waals surface area contributed by atoms with Gasteiger partial charge in [0.05, 0.1) is 18.1 Å². The Balaban J connectivity index is 3.09. The van der Waals surface area contributed by atoms with Crippen molar-refractivity contribution in [3.05, 3.63) is 28.0 Å². The summed E-state index contributed by atoms with van der Waals surface area (Å²) in [6, 6.07) is 3.03. The molecular weight excluding hydrogens is 253 g/mol. The van der Waals surface area contributed by atoms with Gasteiger partial charge in [0, 0.05) is 0 Å². The minimum absolute atomic E-state index is 0.121. The van der Waals surface area contributed by atoms with E-state index >= 15 is 0 Å². The molecule has 0 fully saturated rings. The Labute approximate surface area is 88.7 Å². The summed E-state index contributed by atoms with van der Waals surface area (Å²) in [7, 11) is 1.37. The predicted molar refractivity (Wildman–Crippen MR) is 52.5 cm³/mol. The molecule has 1 aromatic carbocycles. The van der Waals surface area contributed by atoms with Crippen molar-refractivity contribution < 1.29 is 13.9 Å². The molecule has 74 valence electrons. The molecule has 0 amide bonds. The Morgan fingerprint density at radius 2 is 2.36 bits per heavy atom. The number of halogens is 2. The fraction of sp³-hybridized carbons (Fsp3) is 0.222. The van der Waals surface area contributed by atoms with Crippen molar-refractivity contribution >= 4 is 22.0 Å². The molecule has 0 aliphatic heterocycles. The molecule has 0 radical (unpaired) electrons. The van der Waals surface area contributed by atoms with Crippen molar-refractivity contribution in [3.8, 4) is 5.75 Å². The molecule has 0 aliphatic rings. The third kappa shape index (κ3) is 2.40. The molecule has 0 atom stereocenters. The molecule has 0 unspecified atom stereocenters. The first-order chi connectivity index (χ1) is 6.69. The number of hydrogen-bond donors (Lipinski definition) is 0. The van der Waals surface area contributed by atoms with Crippen molar-refractivity contribution in [1.29, 1.82) is 0 Å². The molecule has 1 rings (SSSR count). The van der Waals surface area contributed by atoms with Crippen molar-refractivity contribution in [3.63, 3.8) is 0 Å². The van der Waals surface area contributed by atoms with Crippen molar-refractivity contribution in [2.24, 2.45) is 4.99 Å². The van der Waals surface area contributed by atoms with Crippen LogP contribution in [-0.4, -0.2) is 13.2 Å². The Bertz CT molecular complexity index is 389. The van der Waals surface area contributed by atoms with Gasteiger partial charge in [-0.3, -0.25) is 0 Å². The lowest BCUT2D eigenvalue weighted by Crippen LogP contribution is -1.92. The number of hydrogen-bond acceptors (Lipinski definition) is 3. The van der Waals surface area contributed by atoms with Crippen LogP contribution in [0.25, 0.3) is 0 Å². The standard InChI is InChI=1S/C9H7BrFNO2/c1-14-8-3-6(4-12-5-13)2-7(10)9(8)11/h2-3H,4H2,1H3. The Morgan fingerprint density at radius 3 is 2.93 bits per heavy atom. The number of carbonyl (C=O) groups excluding carboxylic acids is 1. The van der Waals surface area contributed by atoms with Gasteiger partial charge in [0.15, 0.2) is 11.6 Å². The van der Waals surface area contributed by atoms with E-state index in [9.17, 15) is 9.18 Å². The van der Waals surface area contributed by atoms with Gasteiger partial charge in [-0.1, -0.05) is 0 Å². The highest BCUT2D eigenvalue weighted by molar-refractivity contribution is 9.10. The normalized spacial score (nSPS) is 9.36. The summed E-state index contributed by atoms with van der Waals surface area (Å²) in [6.45, 7) is 0.165. The van der Waals surface area contributed by atoms with Crippen molar-refractivity contribution in [2.75, 3.05) is 7.11 Å². The minimum Gasteiger partial charge on any atom is -0.494 e. The van der Waals surface area contributed by atoms with Crippen LogP contribution < -0.4 is 4.74 Å². The van der Waals surface area contributed by atoms with Crippen LogP contribution >= 0.6 is 15.9 Å². The largest absolute Gasteiger partial charge is 0.494 e. The van der Waals surface area contributed by atoms with Gasteiger partial charge in [0.1, 0.15) is 0 Å². The topological polar surface area (TPSA) is 38.7 Å². The van der Waals surface area contributed by atoms with Gasteiger partial charge in [0.2, 0.25) is 6.08 Å². The van der Waals surface area contributed by atoms with E-state index in [0.29, 0.717) is 5.56 Å². The summed E-state index contributed by atoms with van der Waals surface area (Å²) in [5.74, 6) is -0.346. The van der Waals surface area contributed by atoms with Crippen LogP contribution in [0.5, 0.6) is 5.75 Å². The lowest BCUT2D eigenvalue weighted by Gasteiger charge is -2.05. The van der Waals surface area contributed by atoms with Gasteiger partial charge < -0.3 is 4.74 Å². The van der Waals surface area contributed by atoms with Crippen LogP contribution in [0.4, 0.5) is 4.39 Å². The SMILES string of the molecule is COc1cc(CN=C=O)cc(Br)c1F. The van der Waals surface area contributed by atoms with Gasteiger partial charge in [-0.2, -0.15) is 0 Å². The number of methoxy groups -OCH3 is 1. The van der Waals surface area contributed by atoms with Gasteiger partial charge >= 0.3 is 0 Å². The zero-order chi connectivity index (χ0) is 10.6. The Hall–Kier alpha value is -1.19. The van der Waals surface area contributed by atoms with E-state index in [1.807, 2.05) is 0 Å². The zero-order valence-electron chi connectivity index (χ0n) is 7.38. The summed E-state index contributed by atoms with van der Waals surface area (Å²) < 4.78 is 18.3. The molecule has 0 aliphatic carbocycles. The second-order valence-corrected chi connectivity index (χ2v) is 3.36. The zero-order valence-corrected chi connectivity index (χ0v) is 8.97. The molecule has 14 heavy (non-hydrogen) atoms. The number of benzene rings is 1. The monoisotopic (exact) mass is 259 g/mol. The average Bonchev–Trinajstić information content (AvgIpc) is 2.19. The number of isocyanates is 1. The van der Waals surface area contributed by atoms with Crippen LogP contribution in [0, 0.1) is 5.82 Å². The van der Waals surface area contributed by atoms with Crippen molar-refractivity contribution in [1.82, 2.24) is 0 Å². The van der Waals surface area contributed by atoms with Gasteiger partial charge in [-0.25, -0.2) is 14.2 Å². The molecular formula is C9H7BrFNO2. The van der Waals surface area contributed by atoms with Gasteiger partial charge in [-0.15, -0.1) is 0 Å². The fourth-order valence-electron chi connectivity index (χ4n) is 0.981. The Morgan fingerprint density at radius 1 is 1.64 bits per heavy atom. The maximum atomic E-state index is 13.2. The smallest absolute Gasteiger partial charge is 0.235 e. The summed E-state index contributed by atoms with van der Waals surface area (Å²) in [4.78, 5) is 13.3. The molecule has 0 N–H and O–H groups in total. The second-order valence-electron chi connectivity index (χ2n) is 2.50. The van der Waals surface area contributed by atoms with E-state index < -0.39 is 5.82 Å². The van der Waals surface area contributed by atoms with Crippen LogP contribution in [0.3, 0.4) is 0 Å². The summed E-state index contributed by atoms with van der Waals surface area (Å²) in [5, 5.41) is 0. The minimum atomic E-state index is -0.466. The first-order valence-electron chi connectivity index (χ1n) is 3.74. The molecule has 0 aromatic heterocycles. The van der Waals surface area contributed by atoms with Crippen LogP contribution in [-0.2, 0) is 11.3 Å². The summed E-state index contributed by atoms with van der Waals surface area (Å²) in [5.41, 5.74) is 0.679. The van der Waals surface area contributed by atoms with E-state index in [2.05, 4.69) is 20.9 Å². The first kappa shape index (κ1) is 10.9. The maximum Gasteiger partial charge on any atom is 0.235 e. The number of nitrogens with zero attached hydrogens (tertiary/aromatic N) is 1. The maximum absolute atomic E-state index is 13.2. The molecule has 1 aromatic rings. The van der Waals surface area contributed by atoms with Crippen LogP contribution in [0.1, 0.15) is 5.56 Å². The van der Waals surface area contributed by atoms with E-state index in [-0.39, 0.29) is 16.8 Å². The second kappa shape index (κ2) is 4.88. The highest BCUT2D eigenvalue weighted by Crippen LogP contribution is 2.27. The first-order valence-corrected chi connectivity index (χ1v) is 4.54.